The molecule has 1 aliphatic carbocycles. The van der Waals surface area contributed by atoms with Gasteiger partial charge in [-0.25, -0.2) is 0 Å². The van der Waals surface area contributed by atoms with Crippen LogP contribution in [0.3, 0.4) is 0 Å². The molecule has 1 heterocycles. The molecule has 0 saturated carbocycles. The van der Waals surface area contributed by atoms with Crippen LogP contribution in [0.4, 0.5) is 5.69 Å². The van der Waals surface area contributed by atoms with Crippen molar-refractivity contribution < 1.29 is 9.31 Å². The topological polar surface area (TPSA) is 12.2 Å². The molecule has 0 atom stereocenters. The number of nitrogens with zero attached hydrogens (tertiary/aromatic N) is 1. The van der Waals surface area contributed by atoms with Crippen molar-refractivity contribution in [3.63, 3.8) is 0 Å². The van der Waals surface area contributed by atoms with Gasteiger partial charge >= 0.3 is 0 Å². The fourth-order valence-corrected chi connectivity index (χ4v) is 3.86. The van der Waals surface area contributed by atoms with Gasteiger partial charge in [0.15, 0.2) is 6.21 Å². The summed E-state index contributed by atoms with van der Waals surface area (Å²) >= 11 is 0. The third-order valence-electron chi connectivity index (χ3n) is 5.02. The highest BCUT2D eigenvalue weighted by Gasteiger charge is 2.28. The smallest absolute Gasteiger partial charge is 0.292 e. The number of ether oxygens (including phenoxy) is 1. The molecule has 0 fully saturated rings. The summed E-state index contributed by atoms with van der Waals surface area (Å²) < 4.78 is 8.28. The Morgan fingerprint density at radius 3 is 2.67 bits per heavy atom. The van der Waals surface area contributed by atoms with E-state index >= 15 is 0 Å². The second kappa shape index (κ2) is 5.07. The summed E-state index contributed by atoms with van der Waals surface area (Å²) in [4.78, 5) is 0. The van der Waals surface area contributed by atoms with E-state index in [0.717, 1.165) is 17.7 Å². The Labute approximate surface area is 141 Å². The predicted octanol–water partition coefficient (Wildman–Crippen LogP) is 4.68. The van der Waals surface area contributed by atoms with Crippen molar-refractivity contribution >= 4 is 11.9 Å². The average molecular weight is 312 g/mol. The number of para-hydroxylation sites is 1. The highest BCUT2D eigenvalue weighted by atomic mass is 16.5. The van der Waals surface area contributed by atoms with Crippen molar-refractivity contribution in [3.8, 4) is 16.9 Å². The zero-order valence-electron chi connectivity index (χ0n) is 13.6. The lowest BCUT2D eigenvalue weighted by Gasteiger charge is -2.16. The average Bonchev–Trinajstić information content (AvgIpc) is 3.00. The molecule has 3 aromatic rings. The molecule has 0 bridgehead atoms. The minimum Gasteiger partial charge on any atom is -0.435 e. The Morgan fingerprint density at radius 2 is 1.71 bits per heavy atom. The number of rotatable bonds is 1. The van der Waals surface area contributed by atoms with Crippen LogP contribution in [0.25, 0.3) is 11.1 Å². The van der Waals surface area contributed by atoms with Crippen LogP contribution >= 0.6 is 0 Å². The third kappa shape index (κ3) is 1.93. The van der Waals surface area contributed by atoms with Crippen LogP contribution in [0.15, 0.2) is 60.7 Å². The highest BCUT2D eigenvalue weighted by molar-refractivity contribution is 5.84. The largest absolute Gasteiger partial charge is 0.435 e. The first-order valence-corrected chi connectivity index (χ1v) is 8.35. The standard InChI is InChI=1S/C22H18NO/c1-15-6-4-8-17-13-23(14-24-22(15)17)21-11-5-10-19-18-9-3-2-7-16(18)12-20(19)21/h2-11,13H,12,14H2,1H3/q+1. The molecule has 116 valence electrons. The molecule has 0 N–H and O–H groups in total. The Balaban J connectivity index is 1.65. The molecule has 2 nitrogen and oxygen atoms in total. The summed E-state index contributed by atoms with van der Waals surface area (Å²) in [5.74, 6) is 1.00. The van der Waals surface area contributed by atoms with Crippen molar-refractivity contribution in [1.29, 1.82) is 0 Å². The van der Waals surface area contributed by atoms with Gasteiger partial charge in [0, 0.05) is 18.1 Å². The van der Waals surface area contributed by atoms with Crippen molar-refractivity contribution in [3.05, 3.63) is 82.9 Å². The number of fused-ring (bicyclic) bond motifs is 4. The molecule has 24 heavy (non-hydrogen) atoms. The molecule has 5 rings (SSSR count). The van der Waals surface area contributed by atoms with Crippen LogP contribution < -0.4 is 4.74 Å². The van der Waals surface area contributed by atoms with Gasteiger partial charge in [0.25, 0.3) is 6.73 Å². The van der Waals surface area contributed by atoms with E-state index in [1.165, 1.54) is 33.5 Å². The predicted molar refractivity (Wildman–Crippen MR) is 96.4 cm³/mol. The third-order valence-corrected chi connectivity index (χ3v) is 5.02. The highest BCUT2D eigenvalue weighted by Crippen LogP contribution is 2.41. The first kappa shape index (κ1) is 13.6. The van der Waals surface area contributed by atoms with Crippen molar-refractivity contribution in [2.45, 2.75) is 13.3 Å². The zero-order valence-corrected chi connectivity index (χ0v) is 13.6. The van der Waals surface area contributed by atoms with Crippen LogP contribution in [0.5, 0.6) is 5.75 Å². The summed E-state index contributed by atoms with van der Waals surface area (Å²) in [6.45, 7) is 2.66. The number of hydrogen-bond acceptors (Lipinski definition) is 1. The molecule has 2 heteroatoms. The molecule has 2 aliphatic rings. The number of benzene rings is 3. The van der Waals surface area contributed by atoms with Crippen LogP contribution in [-0.4, -0.2) is 17.5 Å². The van der Waals surface area contributed by atoms with Gasteiger partial charge in [-0.1, -0.05) is 48.5 Å². The monoisotopic (exact) mass is 312 g/mol. The van der Waals surface area contributed by atoms with Gasteiger partial charge in [-0.3, -0.25) is 0 Å². The SMILES string of the molecule is Cc1cccc2c1OC[N+](c1cccc3c1Cc1ccccc1-3)=C2. The van der Waals surface area contributed by atoms with E-state index in [0.29, 0.717) is 6.73 Å². The molecule has 3 aromatic carbocycles. The van der Waals surface area contributed by atoms with Crippen LogP contribution in [0, 0.1) is 6.92 Å². The number of aryl methyl sites for hydroxylation is 1. The second-order valence-corrected chi connectivity index (χ2v) is 6.50. The molecule has 1 aliphatic heterocycles. The van der Waals surface area contributed by atoms with Gasteiger partial charge in [-0.05, 0) is 35.2 Å². The normalized spacial score (nSPS) is 14.3. The minimum atomic E-state index is 0.560. The Morgan fingerprint density at radius 1 is 0.875 bits per heavy atom. The lowest BCUT2D eigenvalue weighted by atomic mass is 10.0. The summed E-state index contributed by atoms with van der Waals surface area (Å²) in [6.07, 6.45) is 3.21. The maximum Gasteiger partial charge on any atom is 0.292 e. The second-order valence-electron chi connectivity index (χ2n) is 6.50. The first-order chi connectivity index (χ1) is 11.8. The number of hydrogen-bond donors (Lipinski definition) is 0. The molecule has 0 aromatic heterocycles. The van der Waals surface area contributed by atoms with E-state index in [4.69, 9.17) is 4.74 Å². The van der Waals surface area contributed by atoms with Gasteiger partial charge in [-0.15, -0.1) is 0 Å². The van der Waals surface area contributed by atoms with Gasteiger partial charge in [0.1, 0.15) is 5.75 Å². The zero-order chi connectivity index (χ0) is 16.1. The van der Waals surface area contributed by atoms with E-state index < -0.39 is 0 Å². The summed E-state index contributed by atoms with van der Waals surface area (Å²) in [5.41, 5.74) is 9.11. The Bertz CT molecular complexity index is 1000. The first-order valence-electron chi connectivity index (χ1n) is 8.35. The van der Waals surface area contributed by atoms with E-state index in [2.05, 4.69) is 78.4 Å². The Kier molecular flexibility index (Phi) is 2.86. The van der Waals surface area contributed by atoms with Crippen LogP contribution in [0.2, 0.25) is 0 Å². The van der Waals surface area contributed by atoms with E-state index in [1.807, 2.05) is 0 Å². The van der Waals surface area contributed by atoms with Gasteiger partial charge < -0.3 is 4.74 Å². The van der Waals surface area contributed by atoms with Crippen LogP contribution in [-0.2, 0) is 6.42 Å². The van der Waals surface area contributed by atoms with Gasteiger partial charge in [0.05, 0.1) is 5.56 Å². The van der Waals surface area contributed by atoms with Crippen molar-refractivity contribution in [2.24, 2.45) is 0 Å². The summed E-state index contributed by atoms with van der Waals surface area (Å²) in [6, 6.07) is 21.6. The molecule has 0 saturated heterocycles. The fourth-order valence-electron chi connectivity index (χ4n) is 3.86. The van der Waals surface area contributed by atoms with Gasteiger partial charge in [0.2, 0.25) is 5.69 Å². The molecule has 0 unspecified atom stereocenters. The molecule has 0 radical (unpaired) electrons. The minimum absolute atomic E-state index is 0.560. The molecule has 0 amide bonds. The molecular weight excluding hydrogens is 294 g/mol. The van der Waals surface area contributed by atoms with Crippen LogP contribution in [0.1, 0.15) is 22.3 Å². The van der Waals surface area contributed by atoms with E-state index in [9.17, 15) is 0 Å². The lowest BCUT2D eigenvalue weighted by molar-refractivity contribution is -0.476. The maximum atomic E-state index is 6.05. The summed E-state index contributed by atoms with van der Waals surface area (Å²) in [5, 5.41) is 0. The Hall–Kier alpha value is -2.87. The summed E-state index contributed by atoms with van der Waals surface area (Å²) in [7, 11) is 0. The van der Waals surface area contributed by atoms with Crippen molar-refractivity contribution in [1.82, 2.24) is 0 Å². The molecule has 0 spiro atoms. The van der Waals surface area contributed by atoms with Crippen molar-refractivity contribution in [2.75, 3.05) is 6.73 Å². The molecular formula is C22H18NO+. The van der Waals surface area contributed by atoms with Gasteiger partial charge in [-0.2, -0.15) is 4.58 Å². The maximum absolute atomic E-state index is 6.05. The quantitative estimate of drug-likeness (QED) is 0.465. The van der Waals surface area contributed by atoms with E-state index in [-0.39, 0.29) is 0 Å². The fraction of sp³-hybridized carbons (Fsp3) is 0.136. The van der Waals surface area contributed by atoms with E-state index in [1.54, 1.807) is 0 Å². The lowest BCUT2D eigenvalue weighted by Crippen LogP contribution is -2.22.